The highest BCUT2D eigenvalue weighted by molar-refractivity contribution is 6.08. The van der Waals surface area contributed by atoms with Gasteiger partial charge in [-0.2, -0.15) is 0 Å². The van der Waals surface area contributed by atoms with E-state index in [9.17, 15) is 9.18 Å². The van der Waals surface area contributed by atoms with Crippen LogP contribution >= 0.6 is 0 Å². The molecule has 0 fully saturated rings. The summed E-state index contributed by atoms with van der Waals surface area (Å²) < 4.78 is 23.6. The van der Waals surface area contributed by atoms with Gasteiger partial charge in [-0.15, -0.1) is 12.8 Å². The van der Waals surface area contributed by atoms with Crippen molar-refractivity contribution in [3.63, 3.8) is 0 Å². The maximum atomic E-state index is 12.9. The molecule has 2 aromatic carbocycles. The van der Waals surface area contributed by atoms with Crippen molar-refractivity contribution in [3.05, 3.63) is 65.5 Å². The summed E-state index contributed by atoms with van der Waals surface area (Å²) in [4.78, 5) is 12.4. The SMILES string of the molecule is C#CCOc1ccc(C(=O)/C=C/c2ccc(F)cc2)c(OCC#C)c1. The van der Waals surface area contributed by atoms with Gasteiger partial charge >= 0.3 is 0 Å². The van der Waals surface area contributed by atoms with E-state index in [1.165, 1.54) is 18.2 Å². The van der Waals surface area contributed by atoms with Crippen molar-refractivity contribution in [2.75, 3.05) is 13.2 Å². The van der Waals surface area contributed by atoms with Crippen LogP contribution in [0.3, 0.4) is 0 Å². The monoisotopic (exact) mass is 334 g/mol. The number of allylic oxidation sites excluding steroid dienone is 1. The Balaban J connectivity index is 2.23. The second-order valence-electron chi connectivity index (χ2n) is 4.89. The number of rotatable bonds is 7. The maximum absolute atomic E-state index is 12.9. The van der Waals surface area contributed by atoms with Crippen molar-refractivity contribution in [1.29, 1.82) is 0 Å². The van der Waals surface area contributed by atoms with Gasteiger partial charge in [0.1, 0.15) is 30.5 Å². The van der Waals surface area contributed by atoms with E-state index >= 15 is 0 Å². The van der Waals surface area contributed by atoms with E-state index in [0.29, 0.717) is 22.6 Å². The Morgan fingerprint density at radius 2 is 1.72 bits per heavy atom. The smallest absolute Gasteiger partial charge is 0.189 e. The highest BCUT2D eigenvalue weighted by Gasteiger charge is 2.12. The molecular weight excluding hydrogens is 319 g/mol. The van der Waals surface area contributed by atoms with Crippen LogP contribution in [-0.2, 0) is 0 Å². The first-order valence-corrected chi connectivity index (χ1v) is 7.38. The largest absolute Gasteiger partial charge is 0.481 e. The fraction of sp³-hybridized carbons (Fsp3) is 0.0952. The van der Waals surface area contributed by atoms with E-state index in [4.69, 9.17) is 22.3 Å². The molecule has 2 aromatic rings. The molecule has 0 aliphatic rings. The number of terminal acetylenes is 2. The summed E-state index contributed by atoms with van der Waals surface area (Å²) >= 11 is 0. The van der Waals surface area contributed by atoms with Gasteiger partial charge in [-0.25, -0.2) is 4.39 Å². The van der Waals surface area contributed by atoms with Crippen LogP contribution in [-0.4, -0.2) is 19.0 Å². The van der Waals surface area contributed by atoms with Crippen molar-refractivity contribution in [1.82, 2.24) is 0 Å². The molecule has 0 N–H and O–H groups in total. The molecule has 25 heavy (non-hydrogen) atoms. The molecule has 0 saturated heterocycles. The third kappa shape index (κ3) is 5.27. The molecule has 0 aliphatic heterocycles. The van der Waals surface area contributed by atoms with Crippen molar-refractivity contribution in [3.8, 4) is 36.2 Å². The number of hydrogen-bond donors (Lipinski definition) is 0. The molecule has 0 aliphatic carbocycles. The second-order valence-corrected chi connectivity index (χ2v) is 4.89. The predicted molar refractivity (Wildman–Crippen MR) is 94.9 cm³/mol. The summed E-state index contributed by atoms with van der Waals surface area (Å²) in [5.41, 5.74) is 1.04. The lowest BCUT2D eigenvalue weighted by Crippen LogP contribution is -2.03. The average molecular weight is 334 g/mol. The van der Waals surface area contributed by atoms with E-state index in [0.717, 1.165) is 0 Å². The number of hydrogen-bond acceptors (Lipinski definition) is 3. The first-order chi connectivity index (χ1) is 12.1. The molecule has 4 heteroatoms. The van der Waals surface area contributed by atoms with E-state index in [1.807, 2.05) is 0 Å². The second kappa shape index (κ2) is 8.96. The number of carbonyl (C=O) groups excluding carboxylic acids is 1. The van der Waals surface area contributed by atoms with Gasteiger partial charge in [0.2, 0.25) is 0 Å². The Morgan fingerprint density at radius 1 is 1.04 bits per heavy atom. The number of carbonyl (C=O) groups is 1. The quantitative estimate of drug-likeness (QED) is 0.439. The molecule has 0 spiro atoms. The Labute approximate surface area is 146 Å². The zero-order valence-electron chi connectivity index (χ0n) is 13.4. The van der Waals surface area contributed by atoms with Gasteiger partial charge in [0.25, 0.3) is 0 Å². The summed E-state index contributed by atoms with van der Waals surface area (Å²) in [5, 5.41) is 0. The Kier molecular flexibility index (Phi) is 6.39. The molecule has 0 bridgehead atoms. The Bertz CT molecular complexity index is 852. The third-order valence-electron chi connectivity index (χ3n) is 3.15. The van der Waals surface area contributed by atoms with Crippen molar-refractivity contribution >= 4 is 11.9 Å². The summed E-state index contributed by atoms with van der Waals surface area (Å²) in [6.07, 6.45) is 13.3. The molecular formula is C21H15FO3. The molecule has 0 heterocycles. The highest BCUT2D eigenvalue weighted by Crippen LogP contribution is 2.26. The van der Waals surface area contributed by atoms with Gasteiger partial charge in [0.05, 0.1) is 5.56 Å². The zero-order chi connectivity index (χ0) is 18.1. The Morgan fingerprint density at radius 3 is 2.40 bits per heavy atom. The minimum atomic E-state index is -0.337. The predicted octanol–water partition coefficient (Wildman–Crippen LogP) is 3.75. The van der Waals surface area contributed by atoms with Crippen LogP contribution in [0.5, 0.6) is 11.5 Å². The van der Waals surface area contributed by atoms with Crippen molar-refractivity contribution in [2.45, 2.75) is 0 Å². The van der Waals surface area contributed by atoms with Crippen molar-refractivity contribution in [2.24, 2.45) is 0 Å². The lowest BCUT2D eigenvalue weighted by atomic mass is 10.1. The van der Waals surface area contributed by atoms with Gasteiger partial charge in [0.15, 0.2) is 5.78 Å². The number of benzene rings is 2. The summed E-state index contributed by atoms with van der Waals surface area (Å²) in [6.45, 7) is 0.118. The molecule has 124 valence electrons. The lowest BCUT2D eigenvalue weighted by Gasteiger charge is -2.10. The lowest BCUT2D eigenvalue weighted by molar-refractivity contribution is 0.104. The van der Waals surface area contributed by atoms with E-state index in [1.54, 1.807) is 36.4 Å². The Hall–Kier alpha value is -3.50. The van der Waals surface area contributed by atoms with E-state index in [-0.39, 0.29) is 24.8 Å². The normalized spacial score (nSPS) is 10.0. The fourth-order valence-corrected chi connectivity index (χ4v) is 2.00. The van der Waals surface area contributed by atoms with Crippen LogP contribution in [0, 0.1) is 30.5 Å². The minimum absolute atomic E-state index is 0.0144. The van der Waals surface area contributed by atoms with Gasteiger partial charge < -0.3 is 9.47 Å². The summed E-state index contributed by atoms with van der Waals surface area (Å²) in [5.74, 6) is 4.87. The van der Waals surface area contributed by atoms with Crippen LogP contribution in [0.2, 0.25) is 0 Å². The number of ketones is 1. The third-order valence-corrected chi connectivity index (χ3v) is 3.15. The molecule has 0 aromatic heterocycles. The maximum Gasteiger partial charge on any atom is 0.189 e. The topological polar surface area (TPSA) is 35.5 Å². The highest BCUT2D eigenvalue weighted by atomic mass is 19.1. The number of halogens is 1. The summed E-state index contributed by atoms with van der Waals surface area (Å²) in [6, 6.07) is 10.6. The summed E-state index contributed by atoms with van der Waals surface area (Å²) in [7, 11) is 0. The minimum Gasteiger partial charge on any atom is -0.481 e. The van der Waals surface area contributed by atoms with Crippen LogP contribution in [0.15, 0.2) is 48.5 Å². The number of ether oxygens (including phenoxy) is 2. The molecule has 2 rings (SSSR count). The molecule has 0 saturated carbocycles. The van der Waals surface area contributed by atoms with Crippen LogP contribution in [0.4, 0.5) is 4.39 Å². The zero-order valence-corrected chi connectivity index (χ0v) is 13.4. The van der Waals surface area contributed by atoms with E-state index in [2.05, 4.69) is 11.8 Å². The molecule has 0 amide bonds. The average Bonchev–Trinajstić information content (AvgIpc) is 2.64. The standard InChI is InChI=1S/C21H15FO3/c1-3-13-24-18-10-11-19(21(15-18)25-14-4-2)20(23)12-7-16-5-8-17(22)9-6-16/h1-2,5-12,15H,13-14H2/b12-7+. The molecule has 0 unspecified atom stereocenters. The first-order valence-electron chi connectivity index (χ1n) is 7.38. The van der Waals surface area contributed by atoms with Crippen molar-refractivity contribution < 1.29 is 18.7 Å². The first kappa shape index (κ1) is 17.8. The molecule has 0 atom stereocenters. The fourth-order valence-electron chi connectivity index (χ4n) is 2.00. The van der Waals surface area contributed by atoms with E-state index < -0.39 is 0 Å². The molecule has 0 radical (unpaired) electrons. The van der Waals surface area contributed by atoms with Gasteiger partial charge in [-0.05, 0) is 35.9 Å². The van der Waals surface area contributed by atoms with Gasteiger partial charge in [-0.1, -0.05) is 30.0 Å². The van der Waals surface area contributed by atoms with Crippen LogP contribution in [0.25, 0.3) is 6.08 Å². The molecule has 3 nitrogen and oxygen atoms in total. The van der Waals surface area contributed by atoms with Gasteiger partial charge in [-0.3, -0.25) is 4.79 Å². The van der Waals surface area contributed by atoms with Crippen LogP contribution in [0.1, 0.15) is 15.9 Å². The van der Waals surface area contributed by atoms with Gasteiger partial charge in [0, 0.05) is 6.07 Å². The van der Waals surface area contributed by atoms with Crippen LogP contribution < -0.4 is 9.47 Å².